The van der Waals surface area contributed by atoms with Gasteiger partial charge in [-0.15, -0.1) is 0 Å². The molecule has 1 heterocycles. The molecule has 2 N–H and O–H groups in total. The highest BCUT2D eigenvalue weighted by Crippen LogP contribution is 2.32. The molecule has 0 aliphatic carbocycles. The fourth-order valence-corrected chi connectivity index (χ4v) is 1.91. The maximum atomic E-state index is 12.7. The van der Waals surface area contributed by atoms with Crippen LogP contribution in [0.5, 0.6) is 0 Å². The number of aliphatic hydroxyl groups is 1. The van der Waals surface area contributed by atoms with Gasteiger partial charge < -0.3 is 10.4 Å². The van der Waals surface area contributed by atoms with Crippen LogP contribution in [0, 0.1) is 6.92 Å². The summed E-state index contributed by atoms with van der Waals surface area (Å²) in [5.74, 6) is 0. The Hall–Kier alpha value is -2.02. The van der Waals surface area contributed by atoms with Crippen molar-refractivity contribution in [1.82, 2.24) is 9.78 Å². The second-order valence-corrected chi connectivity index (χ2v) is 4.72. The largest absolute Gasteiger partial charge is 0.416 e. The highest BCUT2D eigenvalue weighted by atomic mass is 19.4. The Morgan fingerprint density at radius 2 is 2.10 bits per heavy atom. The van der Waals surface area contributed by atoms with E-state index in [9.17, 15) is 13.2 Å². The van der Waals surface area contributed by atoms with Crippen molar-refractivity contribution in [3.05, 3.63) is 47.3 Å². The third-order valence-electron chi connectivity index (χ3n) is 3.06. The summed E-state index contributed by atoms with van der Waals surface area (Å²) in [6.07, 6.45) is -0.992. The quantitative estimate of drug-likeness (QED) is 0.892. The molecule has 0 unspecified atom stereocenters. The molecule has 4 nitrogen and oxygen atoms in total. The van der Waals surface area contributed by atoms with E-state index in [1.54, 1.807) is 24.0 Å². The SMILES string of the molecule is Cc1ccc(C(F)(F)F)cc1NCc1cnn(CCO)c1. The monoisotopic (exact) mass is 299 g/mol. The fourth-order valence-electron chi connectivity index (χ4n) is 1.91. The molecule has 2 aromatic rings. The number of nitrogens with one attached hydrogen (secondary N) is 1. The Labute approximate surface area is 120 Å². The zero-order valence-electron chi connectivity index (χ0n) is 11.5. The molecule has 0 spiro atoms. The number of rotatable bonds is 5. The highest BCUT2D eigenvalue weighted by Gasteiger charge is 2.30. The van der Waals surface area contributed by atoms with Gasteiger partial charge in [0, 0.05) is 24.0 Å². The molecular weight excluding hydrogens is 283 g/mol. The molecule has 0 saturated carbocycles. The van der Waals surface area contributed by atoms with E-state index in [1.165, 1.54) is 6.07 Å². The van der Waals surface area contributed by atoms with Gasteiger partial charge in [-0.3, -0.25) is 4.68 Å². The van der Waals surface area contributed by atoms with E-state index in [4.69, 9.17) is 5.11 Å². The van der Waals surface area contributed by atoms with Crippen molar-refractivity contribution in [2.45, 2.75) is 26.2 Å². The maximum Gasteiger partial charge on any atom is 0.416 e. The summed E-state index contributed by atoms with van der Waals surface area (Å²) in [5.41, 5.74) is 1.34. The maximum absolute atomic E-state index is 12.7. The van der Waals surface area contributed by atoms with Crippen molar-refractivity contribution < 1.29 is 18.3 Å². The number of aryl methyl sites for hydroxylation is 1. The molecule has 114 valence electrons. The van der Waals surface area contributed by atoms with E-state index in [1.807, 2.05) is 0 Å². The topological polar surface area (TPSA) is 50.1 Å². The lowest BCUT2D eigenvalue weighted by molar-refractivity contribution is -0.137. The van der Waals surface area contributed by atoms with Crippen LogP contribution in [0.4, 0.5) is 18.9 Å². The van der Waals surface area contributed by atoms with Crippen LogP contribution >= 0.6 is 0 Å². The first-order valence-corrected chi connectivity index (χ1v) is 6.44. The number of alkyl halides is 3. The summed E-state index contributed by atoms with van der Waals surface area (Å²) in [6, 6.07) is 3.62. The molecule has 0 atom stereocenters. The Bertz CT molecular complexity index is 608. The predicted octanol–water partition coefficient (Wildman–Crippen LogP) is 2.81. The minimum absolute atomic E-state index is 0.0126. The second kappa shape index (κ2) is 6.17. The minimum atomic E-state index is -4.35. The Morgan fingerprint density at radius 1 is 1.33 bits per heavy atom. The first-order chi connectivity index (χ1) is 9.90. The number of nitrogens with zero attached hydrogens (tertiary/aromatic N) is 2. The van der Waals surface area contributed by atoms with Gasteiger partial charge in [0.2, 0.25) is 0 Å². The number of benzene rings is 1. The first kappa shape index (κ1) is 15.4. The normalized spacial score (nSPS) is 11.7. The van der Waals surface area contributed by atoms with Crippen LogP contribution in [0.25, 0.3) is 0 Å². The average molecular weight is 299 g/mol. The van der Waals surface area contributed by atoms with E-state index in [2.05, 4.69) is 10.4 Å². The molecule has 2 rings (SSSR count). The van der Waals surface area contributed by atoms with Crippen LogP contribution in [0.1, 0.15) is 16.7 Å². The Morgan fingerprint density at radius 3 is 2.76 bits per heavy atom. The van der Waals surface area contributed by atoms with Crippen molar-refractivity contribution >= 4 is 5.69 Å². The van der Waals surface area contributed by atoms with Gasteiger partial charge in [-0.05, 0) is 24.6 Å². The van der Waals surface area contributed by atoms with Crippen molar-refractivity contribution in [1.29, 1.82) is 0 Å². The van der Waals surface area contributed by atoms with Gasteiger partial charge >= 0.3 is 6.18 Å². The summed E-state index contributed by atoms with van der Waals surface area (Å²) in [6.45, 7) is 2.50. The van der Waals surface area contributed by atoms with Crippen molar-refractivity contribution in [3.8, 4) is 0 Å². The molecule has 1 aromatic carbocycles. The molecule has 0 saturated heterocycles. The average Bonchev–Trinajstić information content (AvgIpc) is 2.84. The van der Waals surface area contributed by atoms with Gasteiger partial charge in [0.15, 0.2) is 0 Å². The van der Waals surface area contributed by atoms with Crippen molar-refractivity contribution in [2.75, 3.05) is 11.9 Å². The second-order valence-electron chi connectivity index (χ2n) is 4.72. The number of anilines is 1. The molecule has 0 fully saturated rings. The molecule has 0 amide bonds. The van der Waals surface area contributed by atoms with Crippen molar-refractivity contribution in [2.24, 2.45) is 0 Å². The molecular formula is C14H16F3N3O. The molecule has 0 bridgehead atoms. The number of hydrogen-bond acceptors (Lipinski definition) is 3. The lowest BCUT2D eigenvalue weighted by Crippen LogP contribution is -2.07. The zero-order chi connectivity index (χ0) is 15.5. The van der Waals surface area contributed by atoms with Crippen LogP contribution in [-0.2, 0) is 19.3 Å². The smallest absolute Gasteiger partial charge is 0.394 e. The standard InChI is InChI=1S/C14H16F3N3O/c1-10-2-3-12(14(15,16)17)6-13(10)18-7-11-8-19-20(9-11)4-5-21/h2-3,6,8-9,18,21H,4-5,7H2,1H3. The van der Waals surface area contributed by atoms with Crippen LogP contribution in [-0.4, -0.2) is 21.5 Å². The molecule has 7 heteroatoms. The highest BCUT2D eigenvalue weighted by molar-refractivity contribution is 5.53. The molecule has 21 heavy (non-hydrogen) atoms. The molecule has 0 radical (unpaired) electrons. The lowest BCUT2D eigenvalue weighted by Gasteiger charge is -2.12. The van der Waals surface area contributed by atoms with Crippen LogP contribution in [0.15, 0.2) is 30.6 Å². The fraction of sp³-hybridized carbons (Fsp3) is 0.357. The summed E-state index contributed by atoms with van der Waals surface area (Å²) < 4.78 is 39.6. The summed E-state index contributed by atoms with van der Waals surface area (Å²) in [7, 11) is 0. The molecule has 0 aliphatic rings. The van der Waals surface area contributed by atoms with Gasteiger partial charge in [0.1, 0.15) is 0 Å². The van der Waals surface area contributed by atoms with Gasteiger partial charge in [-0.2, -0.15) is 18.3 Å². The van der Waals surface area contributed by atoms with Gasteiger partial charge in [-0.25, -0.2) is 0 Å². The van der Waals surface area contributed by atoms with Crippen LogP contribution in [0.3, 0.4) is 0 Å². The number of aliphatic hydroxyl groups excluding tert-OH is 1. The van der Waals surface area contributed by atoms with E-state index >= 15 is 0 Å². The summed E-state index contributed by atoms with van der Waals surface area (Å²) in [4.78, 5) is 0. The molecule has 1 aromatic heterocycles. The number of halogens is 3. The van der Waals surface area contributed by atoms with Crippen LogP contribution < -0.4 is 5.32 Å². The lowest BCUT2D eigenvalue weighted by atomic mass is 10.1. The third-order valence-corrected chi connectivity index (χ3v) is 3.06. The van der Waals surface area contributed by atoms with Gasteiger partial charge in [0.05, 0.1) is 24.9 Å². The van der Waals surface area contributed by atoms with E-state index in [-0.39, 0.29) is 6.61 Å². The molecule has 0 aliphatic heterocycles. The Kier molecular flexibility index (Phi) is 4.52. The first-order valence-electron chi connectivity index (χ1n) is 6.44. The minimum Gasteiger partial charge on any atom is -0.394 e. The third kappa shape index (κ3) is 3.98. The van der Waals surface area contributed by atoms with Crippen LogP contribution in [0.2, 0.25) is 0 Å². The van der Waals surface area contributed by atoms with Crippen molar-refractivity contribution in [3.63, 3.8) is 0 Å². The zero-order valence-corrected chi connectivity index (χ0v) is 11.5. The van der Waals surface area contributed by atoms with Gasteiger partial charge in [-0.1, -0.05) is 6.07 Å². The van der Waals surface area contributed by atoms with E-state index in [0.717, 1.165) is 23.3 Å². The predicted molar refractivity (Wildman–Crippen MR) is 72.8 cm³/mol. The Balaban J connectivity index is 2.08. The van der Waals surface area contributed by atoms with E-state index < -0.39 is 11.7 Å². The number of aromatic nitrogens is 2. The van der Waals surface area contributed by atoms with E-state index in [0.29, 0.717) is 18.8 Å². The summed E-state index contributed by atoms with van der Waals surface area (Å²) >= 11 is 0. The number of hydrogen-bond donors (Lipinski definition) is 2. The summed E-state index contributed by atoms with van der Waals surface area (Å²) in [5, 5.41) is 15.8. The van der Waals surface area contributed by atoms with Gasteiger partial charge in [0.25, 0.3) is 0 Å².